The van der Waals surface area contributed by atoms with Gasteiger partial charge < -0.3 is 5.11 Å². The predicted octanol–water partition coefficient (Wildman–Crippen LogP) is 3.39. The monoisotopic (exact) mass is 382 g/mol. The van der Waals surface area contributed by atoms with E-state index in [0.717, 1.165) is 16.9 Å². The van der Waals surface area contributed by atoms with Crippen LogP contribution in [0.2, 0.25) is 0 Å². The molecule has 1 N–H and O–H groups in total. The molecule has 0 aliphatic carbocycles. The highest BCUT2D eigenvalue weighted by atomic mass is 79.9. The third-order valence-electron chi connectivity index (χ3n) is 3.60. The summed E-state index contributed by atoms with van der Waals surface area (Å²) in [5.74, 6) is -0.120. The van der Waals surface area contributed by atoms with Gasteiger partial charge in [0, 0.05) is 18.6 Å². The Morgan fingerprint density at radius 2 is 2.00 bits per heavy atom. The van der Waals surface area contributed by atoms with E-state index in [9.17, 15) is 9.18 Å². The zero-order valence-corrected chi connectivity index (χ0v) is 14.8. The standard InChI is InChI=1S/C17H20BrFN2O2/c1-11(2)17-12(9-16(23)15(18)7-8-22)10-20-21(17)14-5-3-13(19)4-6-14/h3-6,10-11,15,22H,7-9H2,1-2H3. The van der Waals surface area contributed by atoms with E-state index in [-0.39, 0.29) is 35.4 Å². The van der Waals surface area contributed by atoms with Gasteiger partial charge >= 0.3 is 0 Å². The maximum absolute atomic E-state index is 13.1. The van der Waals surface area contributed by atoms with Gasteiger partial charge in [-0.3, -0.25) is 4.79 Å². The molecule has 0 saturated heterocycles. The van der Waals surface area contributed by atoms with Crippen LogP contribution in [0.25, 0.3) is 5.69 Å². The molecule has 2 rings (SSSR count). The zero-order chi connectivity index (χ0) is 17.0. The van der Waals surface area contributed by atoms with Crippen LogP contribution in [0.15, 0.2) is 30.5 Å². The summed E-state index contributed by atoms with van der Waals surface area (Å²) in [6, 6.07) is 6.11. The fraction of sp³-hybridized carbons (Fsp3) is 0.412. The van der Waals surface area contributed by atoms with Crippen molar-refractivity contribution in [2.75, 3.05) is 6.61 Å². The van der Waals surface area contributed by atoms with Gasteiger partial charge in [-0.25, -0.2) is 9.07 Å². The highest BCUT2D eigenvalue weighted by Crippen LogP contribution is 2.24. The minimum Gasteiger partial charge on any atom is -0.396 e. The zero-order valence-electron chi connectivity index (χ0n) is 13.2. The summed E-state index contributed by atoms with van der Waals surface area (Å²) in [5, 5.41) is 13.3. The second-order valence-corrected chi connectivity index (χ2v) is 6.83. The number of Topliss-reactive ketones (excluding diaryl/α,β-unsaturated/α-hetero) is 1. The Bertz CT molecular complexity index is 668. The number of benzene rings is 1. The van der Waals surface area contributed by atoms with Crippen molar-refractivity contribution < 1.29 is 14.3 Å². The van der Waals surface area contributed by atoms with Gasteiger partial charge in [-0.2, -0.15) is 5.10 Å². The predicted molar refractivity (Wildman–Crippen MR) is 90.7 cm³/mol. The average Bonchev–Trinajstić information content (AvgIpc) is 2.92. The summed E-state index contributed by atoms with van der Waals surface area (Å²) >= 11 is 3.30. The second kappa shape index (κ2) is 7.84. The van der Waals surface area contributed by atoms with Crippen molar-refractivity contribution in [1.82, 2.24) is 9.78 Å². The minimum absolute atomic E-state index is 0.0135. The summed E-state index contributed by atoms with van der Waals surface area (Å²) in [6.45, 7) is 4.03. The van der Waals surface area contributed by atoms with E-state index in [1.165, 1.54) is 12.1 Å². The van der Waals surface area contributed by atoms with Gasteiger partial charge in [-0.1, -0.05) is 29.8 Å². The number of aliphatic hydroxyl groups is 1. The summed E-state index contributed by atoms with van der Waals surface area (Å²) < 4.78 is 14.9. The number of carbonyl (C=O) groups is 1. The normalized spacial score (nSPS) is 12.6. The molecule has 6 heteroatoms. The summed E-state index contributed by atoms with van der Waals surface area (Å²) in [4.78, 5) is 11.9. The Balaban J connectivity index is 2.32. The molecule has 1 aromatic carbocycles. The maximum Gasteiger partial charge on any atom is 0.151 e. The van der Waals surface area contributed by atoms with Gasteiger partial charge in [-0.15, -0.1) is 0 Å². The van der Waals surface area contributed by atoms with Crippen molar-refractivity contribution in [1.29, 1.82) is 0 Å². The fourth-order valence-corrected chi connectivity index (χ4v) is 2.87. The van der Waals surface area contributed by atoms with E-state index in [0.29, 0.717) is 6.42 Å². The SMILES string of the molecule is CC(C)c1c(CC(=O)C(Br)CCO)cnn1-c1ccc(F)cc1. The molecular formula is C17H20BrFN2O2. The van der Waals surface area contributed by atoms with Crippen LogP contribution >= 0.6 is 15.9 Å². The maximum atomic E-state index is 13.1. The molecular weight excluding hydrogens is 363 g/mol. The number of hydrogen-bond acceptors (Lipinski definition) is 3. The number of alkyl halides is 1. The molecule has 1 aromatic heterocycles. The molecule has 124 valence electrons. The van der Waals surface area contributed by atoms with Crippen LogP contribution in [0.4, 0.5) is 4.39 Å². The van der Waals surface area contributed by atoms with Crippen LogP contribution in [0, 0.1) is 5.82 Å². The molecule has 1 atom stereocenters. The second-order valence-electron chi connectivity index (χ2n) is 5.72. The fourth-order valence-electron chi connectivity index (χ4n) is 2.50. The smallest absolute Gasteiger partial charge is 0.151 e. The topological polar surface area (TPSA) is 55.1 Å². The van der Waals surface area contributed by atoms with E-state index >= 15 is 0 Å². The van der Waals surface area contributed by atoms with Crippen molar-refractivity contribution in [3.05, 3.63) is 47.5 Å². The lowest BCUT2D eigenvalue weighted by Crippen LogP contribution is -2.18. The van der Waals surface area contributed by atoms with Crippen LogP contribution in [0.3, 0.4) is 0 Å². The number of rotatable bonds is 7. The van der Waals surface area contributed by atoms with Crippen molar-refractivity contribution >= 4 is 21.7 Å². The van der Waals surface area contributed by atoms with Gasteiger partial charge in [0.05, 0.1) is 22.4 Å². The van der Waals surface area contributed by atoms with Gasteiger partial charge in [-0.05, 0) is 36.6 Å². The first-order chi connectivity index (χ1) is 10.9. The first-order valence-electron chi connectivity index (χ1n) is 7.54. The van der Waals surface area contributed by atoms with E-state index in [2.05, 4.69) is 21.0 Å². The van der Waals surface area contributed by atoms with Crippen LogP contribution < -0.4 is 0 Å². The molecule has 4 nitrogen and oxygen atoms in total. The Kier molecular flexibility index (Phi) is 6.07. The van der Waals surface area contributed by atoms with Crippen LogP contribution in [0.1, 0.15) is 37.4 Å². The number of halogens is 2. The van der Waals surface area contributed by atoms with Crippen LogP contribution in [0.5, 0.6) is 0 Å². The Hall–Kier alpha value is -1.53. The Morgan fingerprint density at radius 3 is 2.57 bits per heavy atom. The van der Waals surface area contributed by atoms with Crippen molar-refractivity contribution in [3.8, 4) is 5.69 Å². The quantitative estimate of drug-likeness (QED) is 0.746. The molecule has 2 aromatic rings. The third-order valence-corrected chi connectivity index (χ3v) is 4.57. The molecule has 0 saturated carbocycles. The lowest BCUT2D eigenvalue weighted by molar-refractivity contribution is -0.118. The lowest BCUT2D eigenvalue weighted by Gasteiger charge is -2.13. The van der Waals surface area contributed by atoms with Crippen LogP contribution in [-0.4, -0.2) is 32.1 Å². The van der Waals surface area contributed by atoms with Gasteiger partial charge in [0.2, 0.25) is 0 Å². The van der Waals surface area contributed by atoms with Crippen molar-refractivity contribution in [3.63, 3.8) is 0 Å². The first kappa shape index (κ1) is 17.8. The summed E-state index contributed by atoms with van der Waals surface area (Å²) in [5.41, 5.74) is 2.56. The number of nitrogens with zero attached hydrogens (tertiary/aromatic N) is 2. The average molecular weight is 383 g/mol. The van der Waals surface area contributed by atoms with E-state index in [1.54, 1.807) is 23.0 Å². The number of aromatic nitrogens is 2. The van der Waals surface area contributed by atoms with E-state index in [1.807, 2.05) is 13.8 Å². The molecule has 0 radical (unpaired) electrons. The summed E-state index contributed by atoms with van der Waals surface area (Å²) in [6.07, 6.45) is 2.34. The highest BCUT2D eigenvalue weighted by molar-refractivity contribution is 9.10. The van der Waals surface area contributed by atoms with E-state index < -0.39 is 0 Å². The molecule has 0 amide bonds. The van der Waals surface area contributed by atoms with Crippen molar-refractivity contribution in [2.45, 2.75) is 37.4 Å². The number of ketones is 1. The molecule has 1 unspecified atom stereocenters. The largest absolute Gasteiger partial charge is 0.396 e. The molecule has 1 heterocycles. The molecule has 0 aliphatic heterocycles. The third kappa shape index (κ3) is 4.26. The molecule has 0 aliphatic rings. The van der Waals surface area contributed by atoms with Gasteiger partial charge in [0.25, 0.3) is 0 Å². The number of hydrogen-bond donors (Lipinski definition) is 1. The first-order valence-corrected chi connectivity index (χ1v) is 8.46. The van der Waals surface area contributed by atoms with Gasteiger partial charge in [0.1, 0.15) is 5.82 Å². The lowest BCUT2D eigenvalue weighted by atomic mass is 10.00. The molecule has 0 bridgehead atoms. The minimum atomic E-state index is -0.360. The molecule has 0 fully saturated rings. The summed E-state index contributed by atoms with van der Waals surface area (Å²) in [7, 11) is 0. The number of aliphatic hydroxyl groups excluding tert-OH is 1. The van der Waals surface area contributed by atoms with Crippen LogP contribution in [-0.2, 0) is 11.2 Å². The van der Waals surface area contributed by atoms with Gasteiger partial charge in [0.15, 0.2) is 5.78 Å². The molecule has 23 heavy (non-hydrogen) atoms. The Labute approximate surface area is 143 Å². The van der Waals surface area contributed by atoms with E-state index in [4.69, 9.17) is 5.11 Å². The molecule has 0 spiro atoms. The number of carbonyl (C=O) groups excluding carboxylic acids is 1. The van der Waals surface area contributed by atoms with Crippen molar-refractivity contribution in [2.24, 2.45) is 0 Å². The Morgan fingerprint density at radius 1 is 1.35 bits per heavy atom. The highest BCUT2D eigenvalue weighted by Gasteiger charge is 2.21.